The molecule has 0 unspecified atom stereocenters. The SMILES string of the molecule is C=C(C)c1nc(-c2ccc(Cl)cc2)n(C)c1NCC.CC.Cc1cc(C(F)(F)F)n(C)c1C. The highest BCUT2D eigenvalue weighted by Crippen LogP contribution is 2.31. The van der Waals surface area contributed by atoms with E-state index in [1.807, 2.05) is 52.1 Å². The summed E-state index contributed by atoms with van der Waals surface area (Å²) in [7, 11) is 3.42. The lowest BCUT2D eigenvalue weighted by atomic mass is 10.2. The summed E-state index contributed by atoms with van der Waals surface area (Å²) < 4.78 is 39.9. The standard InChI is InChI=1S/C15H18ClN3.C8H10F3N.C2H6/c1-5-17-15-13(10(2)3)18-14(19(15)4)11-6-8-12(16)9-7-11;1-5-4-7(8(9,10)11)12(3)6(5)2;1-2/h6-9,17H,2,5H2,1,3-4H3;4H,1-3H3;1-2H3. The highest BCUT2D eigenvalue weighted by Gasteiger charge is 2.34. The molecule has 0 spiro atoms. The smallest absolute Gasteiger partial charge is 0.370 e. The molecule has 0 saturated heterocycles. The van der Waals surface area contributed by atoms with Gasteiger partial charge >= 0.3 is 6.18 Å². The lowest BCUT2D eigenvalue weighted by Crippen LogP contribution is -2.11. The molecule has 0 saturated carbocycles. The van der Waals surface area contributed by atoms with Gasteiger partial charge in [-0.3, -0.25) is 0 Å². The Bertz CT molecular complexity index is 1060. The van der Waals surface area contributed by atoms with Crippen LogP contribution in [0, 0.1) is 13.8 Å². The maximum absolute atomic E-state index is 12.2. The maximum Gasteiger partial charge on any atom is 0.431 e. The molecule has 33 heavy (non-hydrogen) atoms. The van der Waals surface area contributed by atoms with Gasteiger partial charge < -0.3 is 14.5 Å². The highest BCUT2D eigenvalue weighted by molar-refractivity contribution is 6.30. The maximum atomic E-state index is 12.2. The van der Waals surface area contributed by atoms with E-state index in [0.29, 0.717) is 11.3 Å². The van der Waals surface area contributed by atoms with Crippen LogP contribution in [0.2, 0.25) is 5.02 Å². The van der Waals surface area contributed by atoms with Crippen LogP contribution in [0.4, 0.5) is 19.0 Å². The van der Waals surface area contributed by atoms with E-state index in [2.05, 4.69) is 28.4 Å². The van der Waals surface area contributed by atoms with E-state index in [1.54, 1.807) is 13.8 Å². The van der Waals surface area contributed by atoms with Crippen LogP contribution in [0.3, 0.4) is 0 Å². The monoisotopic (exact) mass is 482 g/mol. The fourth-order valence-corrected chi connectivity index (χ4v) is 3.27. The van der Waals surface area contributed by atoms with Gasteiger partial charge in [0.05, 0.1) is 0 Å². The number of benzene rings is 1. The number of aromatic nitrogens is 3. The molecule has 1 N–H and O–H groups in total. The predicted molar refractivity (Wildman–Crippen MR) is 134 cm³/mol. The van der Waals surface area contributed by atoms with Crippen LogP contribution in [0.1, 0.15) is 50.3 Å². The first kappa shape index (κ1) is 28.4. The van der Waals surface area contributed by atoms with Crippen molar-refractivity contribution in [2.45, 2.75) is 47.7 Å². The number of rotatable bonds is 4. The van der Waals surface area contributed by atoms with E-state index in [9.17, 15) is 13.2 Å². The third-order valence-corrected chi connectivity index (χ3v) is 5.28. The lowest BCUT2D eigenvalue weighted by molar-refractivity contribution is -0.143. The van der Waals surface area contributed by atoms with E-state index in [1.165, 1.54) is 7.05 Å². The van der Waals surface area contributed by atoms with E-state index in [4.69, 9.17) is 11.6 Å². The van der Waals surface area contributed by atoms with E-state index < -0.39 is 11.9 Å². The first-order valence-electron chi connectivity index (χ1n) is 10.8. The summed E-state index contributed by atoms with van der Waals surface area (Å²) in [6.45, 7) is 16.2. The third kappa shape index (κ3) is 6.90. The Morgan fingerprint density at radius 3 is 2.00 bits per heavy atom. The molecule has 0 fully saturated rings. The van der Waals surface area contributed by atoms with Gasteiger partial charge in [-0.25, -0.2) is 4.98 Å². The van der Waals surface area contributed by atoms with Crippen LogP contribution in [0.25, 0.3) is 17.0 Å². The van der Waals surface area contributed by atoms with Gasteiger partial charge in [0.15, 0.2) is 0 Å². The number of nitrogens with one attached hydrogen (secondary N) is 1. The van der Waals surface area contributed by atoms with Gasteiger partial charge in [0.25, 0.3) is 0 Å². The summed E-state index contributed by atoms with van der Waals surface area (Å²) in [4.78, 5) is 4.69. The van der Waals surface area contributed by atoms with Crippen molar-refractivity contribution in [1.29, 1.82) is 0 Å². The van der Waals surface area contributed by atoms with Crippen molar-refractivity contribution in [1.82, 2.24) is 14.1 Å². The molecule has 0 aliphatic heterocycles. The molecule has 2 heterocycles. The molecule has 3 aromatic rings. The minimum absolute atomic E-state index is 0.586. The molecule has 0 atom stereocenters. The zero-order chi connectivity index (χ0) is 25.5. The number of allylic oxidation sites excluding steroid dienone is 1. The fraction of sp³-hybridized carbons (Fsp3) is 0.400. The summed E-state index contributed by atoms with van der Waals surface area (Å²) in [6, 6.07) is 8.86. The van der Waals surface area contributed by atoms with Crippen molar-refractivity contribution in [2.24, 2.45) is 14.1 Å². The molecule has 8 heteroatoms. The molecule has 0 aliphatic rings. The number of imidazole rings is 1. The molecule has 2 aromatic heterocycles. The average molecular weight is 483 g/mol. The molecule has 3 rings (SSSR count). The molecule has 0 radical (unpaired) electrons. The third-order valence-electron chi connectivity index (χ3n) is 5.02. The van der Waals surface area contributed by atoms with Crippen molar-refractivity contribution in [3.05, 3.63) is 64.6 Å². The van der Waals surface area contributed by atoms with E-state index in [0.717, 1.165) is 50.7 Å². The topological polar surface area (TPSA) is 34.8 Å². The molecule has 4 nitrogen and oxygen atoms in total. The van der Waals surface area contributed by atoms with E-state index >= 15 is 0 Å². The fourth-order valence-electron chi connectivity index (χ4n) is 3.15. The van der Waals surface area contributed by atoms with Gasteiger partial charge in [-0.05, 0) is 69.2 Å². The van der Waals surface area contributed by atoms with Crippen LogP contribution < -0.4 is 5.32 Å². The lowest BCUT2D eigenvalue weighted by Gasteiger charge is -2.08. The Morgan fingerprint density at radius 2 is 1.64 bits per heavy atom. The number of anilines is 1. The first-order chi connectivity index (χ1) is 15.4. The number of hydrogen-bond acceptors (Lipinski definition) is 2. The van der Waals surface area contributed by atoms with Crippen LogP contribution in [0.5, 0.6) is 0 Å². The summed E-state index contributed by atoms with van der Waals surface area (Å²) in [6.07, 6.45) is -4.24. The average Bonchev–Trinajstić information content (AvgIpc) is 3.22. The van der Waals surface area contributed by atoms with Gasteiger partial charge in [0, 0.05) is 36.9 Å². The normalized spacial score (nSPS) is 10.7. The number of alkyl halides is 3. The van der Waals surface area contributed by atoms with Crippen LogP contribution >= 0.6 is 11.6 Å². The number of hydrogen-bond donors (Lipinski definition) is 1. The van der Waals surface area contributed by atoms with Gasteiger partial charge in [-0.2, -0.15) is 13.2 Å². The Balaban J connectivity index is 0.000000335. The van der Waals surface area contributed by atoms with Crippen molar-refractivity contribution in [3.8, 4) is 11.4 Å². The van der Waals surface area contributed by atoms with Crippen molar-refractivity contribution in [3.63, 3.8) is 0 Å². The molecule has 0 bridgehead atoms. The van der Waals surface area contributed by atoms with Gasteiger partial charge in [0.2, 0.25) is 0 Å². The molecular weight excluding hydrogens is 449 g/mol. The quantitative estimate of drug-likeness (QED) is 0.410. The highest BCUT2D eigenvalue weighted by atomic mass is 35.5. The van der Waals surface area contributed by atoms with Crippen molar-refractivity contribution in [2.75, 3.05) is 11.9 Å². The van der Waals surface area contributed by atoms with Crippen LogP contribution in [-0.4, -0.2) is 20.7 Å². The van der Waals surface area contributed by atoms with Gasteiger partial charge in [0.1, 0.15) is 23.0 Å². The van der Waals surface area contributed by atoms with Crippen LogP contribution in [0.15, 0.2) is 36.9 Å². The predicted octanol–water partition coefficient (Wildman–Crippen LogP) is 7.89. The number of nitrogens with zero attached hydrogens (tertiary/aromatic N) is 3. The van der Waals surface area contributed by atoms with Gasteiger partial charge in [-0.1, -0.05) is 32.0 Å². The minimum atomic E-state index is -4.24. The molecule has 182 valence electrons. The van der Waals surface area contributed by atoms with Crippen molar-refractivity contribution < 1.29 is 13.2 Å². The Labute approximate surface area is 200 Å². The number of halogens is 4. The molecular formula is C25H34ClF3N4. The minimum Gasteiger partial charge on any atom is -0.370 e. The van der Waals surface area contributed by atoms with Crippen LogP contribution in [-0.2, 0) is 20.3 Å². The zero-order valence-corrected chi connectivity index (χ0v) is 21.4. The largest absolute Gasteiger partial charge is 0.431 e. The summed E-state index contributed by atoms with van der Waals surface area (Å²) in [5.74, 6) is 1.91. The zero-order valence-electron chi connectivity index (χ0n) is 20.7. The van der Waals surface area contributed by atoms with Crippen molar-refractivity contribution >= 4 is 23.0 Å². The van der Waals surface area contributed by atoms with E-state index in [-0.39, 0.29) is 0 Å². The molecule has 1 aromatic carbocycles. The second-order valence-corrected chi connectivity index (χ2v) is 7.80. The molecule has 0 aliphatic carbocycles. The molecule has 0 amide bonds. The Kier molecular flexibility index (Phi) is 10.3. The Hall–Kier alpha value is -2.67. The Morgan fingerprint density at radius 1 is 1.09 bits per heavy atom. The summed E-state index contributed by atoms with van der Waals surface area (Å²) >= 11 is 5.92. The summed E-state index contributed by atoms with van der Waals surface area (Å²) in [5.41, 5.74) is 3.64. The number of aryl methyl sites for hydroxylation is 1. The van der Waals surface area contributed by atoms with Gasteiger partial charge in [-0.15, -0.1) is 0 Å². The second kappa shape index (κ2) is 12.0. The second-order valence-electron chi connectivity index (χ2n) is 7.36. The first-order valence-corrected chi connectivity index (χ1v) is 11.2. The summed E-state index contributed by atoms with van der Waals surface area (Å²) in [5, 5.41) is 4.07.